The number of nitrogens with one attached hydrogen (secondary N) is 2. The quantitative estimate of drug-likeness (QED) is 0.733. The van der Waals surface area contributed by atoms with Crippen LogP contribution < -0.4 is 10.0 Å². The maximum Gasteiger partial charge on any atom is 0.234 e. The summed E-state index contributed by atoms with van der Waals surface area (Å²) in [5.41, 5.74) is -0.0433. The van der Waals surface area contributed by atoms with E-state index in [1.807, 2.05) is 4.90 Å². The average Bonchev–Trinajstić information content (AvgIpc) is 2.49. The normalized spacial score (nSPS) is 18.9. The molecule has 0 radical (unpaired) electrons. The summed E-state index contributed by atoms with van der Waals surface area (Å²) in [6.07, 6.45) is 2.71. The monoisotopic (exact) mass is 375 g/mol. The minimum Gasteiger partial charge on any atom is -0.355 e. The fourth-order valence-corrected chi connectivity index (χ4v) is 3.75. The Kier molecular flexibility index (Phi) is 6.86. The van der Waals surface area contributed by atoms with Gasteiger partial charge >= 0.3 is 0 Å². The van der Waals surface area contributed by atoms with Crippen LogP contribution in [0.5, 0.6) is 0 Å². The van der Waals surface area contributed by atoms with E-state index >= 15 is 0 Å². The molecule has 0 aliphatic carbocycles. The first-order valence-electron chi connectivity index (χ1n) is 8.14. The molecule has 1 heterocycles. The van der Waals surface area contributed by atoms with Crippen molar-refractivity contribution in [1.29, 1.82) is 0 Å². The third kappa shape index (κ3) is 6.68. The molecule has 140 valence electrons. The van der Waals surface area contributed by atoms with Crippen molar-refractivity contribution in [2.45, 2.75) is 25.3 Å². The first kappa shape index (κ1) is 19.7. The molecule has 0 aromatic heterocycles. The molecule has 1 aromatic rings. The Balaban J connectivity index is 1.76. The second-order valence-corrected chi connectivity index (χ2v) is 8.04. The van der Waals surface area contributed by atoms with Crippen LogP contribution in [-0.2, 0) is 21.2 Å². The fourth-order valence-electron chi connectivity index (χ4n) is 2.96. The van der Waals surface area contributed by atoms with Crippen LogP contribution in [0.2, 0.25) is 0 Å². The number of halogens is 2. The lowest BCUT2D eigenvalue weighted by Gasteiger charge is -2.32. The highest BCUT2D eigenvalue weighted by Crippen LogP contribution is 2.12. The molecule has 1 atom stereocenters. The van der Waals surface area contributed by atoms with Gasteiger partial charge in [0, 0.05) is 24.7 Å². The minimum absolute atomic E-state index is 0.0433. The summed E-state index contributed by atoms with van der Waals surface area (Å²) in [6.45, 7) is 1.43. The number of rotatable bonds is 7. The Morgan fingerprint density at radius 3 is 2.64 bits per heavy atom. The average molecular weight is 375 g/mol. The van der Waals surface area contributed by atoms with Gasteiger partial charge in [0.15, 0.2) is 0 Å². The van der Waals surface area contributed by atoms with E-state index in [1.165, 1.54) is 18.2 Å². The number of carbonyl (C=O) groups excluding carboxylic acids is 1. The highest BCUT2D eigenvalue weighted by molar-refractivity contribution is 7.88. The molecule has 25 heavy (non-hydrogen) atoms. The number of piperidine rings is 1. The van der Waals surface area contributed by atoms with Gasteiger partial charge in [0.2, 0.25) is 15.9 Å². The van der Waals surface area contributed by atoms with Crippen LogP contribution in [0.25, 0.3) is 0 Å². The molecule has 1 amide bonds. The Morgan fingerprint density at radius 2 is 2.00 bits per heavy atom. The van der Waals surface area contributed by atoms with E-state index in [2.05, 4.69) is 10.0 Å². The number of hydrogen-bond donors (Lipinski definition) is 2. The highest BCUT2D eigenvalue weighted by atomic mass is 32.2. The van der Waals surface area contributed by atoms with E-state index in [9.17, 15) is 22.0 Å². The van der Waals surface area contributed by atoms with E-state index in [1.54, 1.807) is 0 Å². The number of amides is 1. The molecule has 6 nitrogen and oxygen atoms in total. The fraction of sp³-hybridized carbons (Fsp3) is 0.562. The predicted octanol–water partition coefficient (Wildman–Crippen LogP) is 0.637. The lowest BCUT2D eigenvalue weighted by atomic mass is 10.1. The van der Waals surface area contributed by atoms with Crippen LogP contribution in [0.3, 0.4) is 0 Å². The van der Waals surface area contributed by atoms with Crippen LogP contribution in [0.1, 0.15) is 18.4 Å². The molecule has 0 bridgehead atoms. The number of carbonyl (C=O) groups is 1. The highest BCUT2D eigenvalue weighted by Gasteiger charge is 2.23. The van der Waals surface area contributed by atoms with Gasteiger partial charge in [-0.05, 0) is 37.9 Å². The summed E-state index contributed by atoms with van der Waals surface area (Å²) in [5, 5.41) is 2.64. The molecular formula is C16H23F2N3O3S. The van der Waals surface area contributed by atoms with Crippen LogP contribution >= 0.6 is 0 Å². The first-order valence-corrected chi connectivity index (χ1v) is 10.0. The molecule has 9 heteroatoms. The molecule has 1 fully saturated rings. The van der Waals surface area contributed by atoms with Gasteiger partial charge in [-0.15, -0.1) is 0 Å². The summed E-state index contributed by atoms with van der Waals surface area (Å²) in [6, 6.07) is 3.46. The standard InChI is InChI=1S/C16H23F2N3O3S/c1-25(23,24)20-12-4-3-9-21(10-12)11-16(22)19-8-7-13-14(17)5-2-6-15(13)18/h2,5-6,12,20H,3-4,7-11H2,1H3,(H,19,22). The SMILES string of the molecule is CS(=O)(=O)NC1CCCN(CC(=O)NCCc2c(F)cccc2F)C1. The number of likely N-dealkylation sites (tertiary alicyclic amines) is 1. The number of nitrogens with zero attached hydrogens (tertiary/aromatic N) is 1. The van der Waals surface area contributed by atoms with E-state index in [-0.39, 0.29) is 37.0 Å². The molecule has 1 aliphatic rings. The largest absolute Gasteiger partial charge is 0.355 e. The lowest BCUT2D eigenvalue weighted by molar-refractivity contribution is -0.122. The Morgan fingerprint density at radius 1 is 1.32 bits per heavy atom. The van der Waals surface area contributed by atoms with E-state index < -0.39 is 21.7 Å². The van der Waals surface area contributed by atoms with Crippen molar-refractivity contribution in [1.82, 2.24) is 14.9 Å². The molecule has 2 rings (SSSR count). The van der Waals surface area contributed by atoms with Gasteiger partial charge in [0.1, 0.15) is 11.6 Å². The van der Waals surface area contributed by atoms with Gasteiger partial charge in [-0.2, -0.15) is 0 Å². The summed E-state index contributed by atoms with van der Waals surface area (Å²) in [5.74, 6) is -1.50. The van der Waals surface area contributed by atoms with Crippen molar-refractivity contribution in [3.8, 4) is 0 Å². The van der Waals surface area contributed by atoms with Crippen LogP contribution in [0, 0.1) is 11.6 Å². The molecule has 1 saturated heterocycles. The topological polar surface area (TPSA) is 78.5 Å². The van der Waals surface area contributed by atoms with Crippen molar-refractivity contribution in [3.63, 3.8) is 0 Å². The van der Waals surface area contributed by atoms with E-state index in [0.29, 0.717) is 13.1 Å². The minimum atomic E-state index is -3.28. The lowest BCUT2D eigenvalue weighted by Crippen LogP contribution is -2.50. The Labute approximate surface area is 146 Å². The third-order valence-corrected chi connectivity index (χ3v) is 4.77. The van der Waals surface area contributed by atoms with E-state index in [0.717, 1.165) is 19.1 Å². The summed E-state index contributed by atoms with van der Waals surface area (Å²) in [4.78, 5) is 13.9. The van der Waals surface area contributed by atoms with Crippen LogP contribution in [0.15, 0.2) is 18.2 Å². The number of hydrogen-bond acceptors (Lipinski definition) is 4. The van der Waals surface area contributed by atoms with Crippen LogP contribution in [-0.4, -0.2) is 57.7 Å². The number of sulfonamides is 1. The first-order chi connectivity index (χ1) is 11.7. The van der Waals surface area contributed by atoms with Gasteiger partial charge in [-0.3, -0.25) is 9.69 Å². The summed E-state index contributed by atoms with van der Waals surface area (Å²) >= 11 is 0. The zero-order valence-electron chi connectivity index (χ0n) is 14.1. The molecule has 1 aromatic carbocycles. The Hall–Kier alpha value is -1.58. The summed E-state index contributed by atoms with van der Waals surface area (Å²) < 4.78 is 52.2. The van der Waals surface area contributed by atoms with Gasteiger partial charge in [-0.1, -0.05) is 6.07 Å². The third-order valence-electron chi connectivity index (χ3n) is 4.01. The zero-order chi connectivity index (χ0) is 18.4. The van der Waals surface area contributed by atoms with Gasteiger partial charge in [-0.25, -0.2) is 21.9 Å². The molecule has 1 aliphatic heterocycles. The van der Waals surface area contributed by atoms with Crippen molar-refractivity contribution < 1.29 is 22.0 Å². The van der Waals surface area contributed by atoms with Gasteiger partial charge in [0.05, 0.1) is 12.8 Å². The van der Waals surface area contributed by atoms with E-state index in [4.69, 9.17) is 0 Å². The molecule has 0 spiro atoms. The van der Waals surface area contributed by atoms with Crippen molar-refractivity contribution in [2.75, 3.05) is 32.4 Å². The van der Waals surface area contributed by atoms with Gasteiger partial charge in [0.25, 0.3) is 0 Å². The van der Waals surface area contributed by atoms with Crippen LogP contribution in [0.4, 0.5) is 8.78 Å². The maximum atomic E-state index is 13.5. The second kappa shape index (κ2) is 8.68. The second-order valence-electron chi connectivity index (χ2n) is 6.26. The molecule has 1 unspecified atom stereocenters. The predicted molar refractivity (Wildman–Crippen MR) is 90.5 cm³/mol. The molecule has 2 N–H and O–H groups in total. The maximum absolute atomic E-state index is 13.5. The number of benzene rings is 1. The Bertz CT molecular complexity index is 692. The molecule has 0 saturated carbocycles. The molecular weight excluding hydrogens is 352 g/mol. The summed E-state index contributed by atoms with van der Waals surface area (Å²) in [7, 11) is -3.28. The smallest absolute Gasteiger partial charge is 0.234 e. The van der Waals surface area contributed by atoms with Crippen molar-refractivity contribution in [3.05, 3.63) is 35.4 Å². The van der Waals surface area contributed by atoms with Crippen molar-refractivity contribution >= 4 is 15.9 Å². The zero-order valence-corrected chi connectivity index (χ0v) is 14.9. The van der Waals surface area contributed by atoms with Crippen molar-refractivity contribution in [2.24, 2.45) is 0 Å². The van der Waals surface area contributed by atoms with Gasteiger partial charge < -0.3 is 5.32 Å².